The number of nitrogens with zero attached hydrogens (tertiary/aromatic N) is 3. The fraction of sp³-hybridized carbons (Fsp3) is 0.714. The number of nitrogens with one attached hydrogen (secondary N) is 1. The fourth-order valence-corrected chi connectivity index (χ4v) is 4.17. The van der Waals surface area contributed by atoms with Gasteiger partial charge in [0.15, 0.2) is 0 Å². The number of anilines is 1. The molecule has 5 nitrogen and oxygen atoms in total. The van der Waals surface area contributed by atoms with Gasteiger partial charge in [-0.2, -0.15) is 0 Å². The molecule has 2 fully saturated rings. The van der Waals surface area contributed by atoms with Gasteiger partial charge in [0.1, 0.15) is 0 Å². The highest BCUT2D eigenvalue weighted by atomic mass is 16.2. The number of piperazine rings is 1. The number of hydrogen-bond donors (Lipinski definition) is 1. The van der Waals surface area contributed by atoms with Crippen molar-refractivity contribution in [2.75, 3.05) is 37.6 Å². The Balaban J connectivity index is 1.53. The monoisotopic (exact) mass is 358 g/mol. The van der Waals surface area contributed by atoms with Crippen molar-refractivity contribution in [3.8, 4) is 0 Å². The van der Waals surface area contributed by atoms with E-state index in [0.717, 1.165) is 32.1 Å². The van der Waals surface area contributed by atoms with E-state index in [1.165, 1.54) is 36.9 Å². The Labute approximate surface area is 158 Å². The summed E-state index contributed by atoms with van der Waals surface area (Å²) in [4.78, 5) is 21.1. The first-order valence-electron chi connectivity index (χ1n) is 10.2. The van der Waals surface area contributed by atoms with Gasteiger partial charge in [0.05, 0.1) is 18.4 Å². The highest BCUT2D eigenvalue weighted by Gasteiger charge is 2.23. The van der Waals surface area contributed by atoms with Crippen molar-refractivity contribution in [3.05, 3.63) is 24.0 Å². The molecule has 5 heteroatoms. The van der Waals surface area contributed by atoms with E-state index in [0.29, 0.717) is 12.5 Å². The summed E-state index contributed by atoms with van der Waals surface area (Å²) in [5.74, 6) is 1.69. The molecule has 1 aromatic rings. The van der Waals surface area contributed by atoms with E-state index in [4.69, 9.17) is 0 Å². The number of carbonyl (C=O) groups excluding carboxylic acids is 1. The van der Waals surface area contributed by atoms with Crippen LogP contribution in [0.25, 0.3) is 0 Å². The van der Waals surface area contributed by atoms with Crippen molar-refractivity contribution in [1.29, 1.82) is 0 Å². The average molecular weight is 359 g/mol. The van der Waals surface area contributed by atoms with Crippen LogP contribution in [0.15, 0.2) is 18.5 Å². The molecule has 0 spiro atoms. The maximum atomic E-state index is 11.9. The van der Waals surface area contributed by atoms with Crippen molar-refractivity contribution >= 4 is 11.6 Å². The summed E-state index contributed by atoms with van der Waals surface area (Å²) in [7, 11) is 0. The zero-order chi connectivity index (χ0) is 18.5. The molecule has 0 bridgehead atoms. The van der Waals surface area contributed by atoms with Crippen LogP contribution >= 0.6 is 0 Å². The third-order valence-electron chi connectivity index (χ3n) is 5.79. The van der Waals surface area contributed by atoms with Crippen LogP contribution in [0.3, 0.4) is 0 Å². The van der Waals surface area contributed by atoms with E-state index in [-0.39, 0.29) is 11.9 Å². The van der Waals surface area contributed by atoms with Gasteiger partial charge in [0, 0.05) is 38.4 Å². The van der Waals surface area contributed by atoms with E-state index in [2.05, 4.69) is 39.3 Å². The minimum Gasteiger partial charge on any atom is -0.368 e. The van der Waals surface area contributed by atoms with Gasteiger partial charge in [-0.15, -0.1) is 0 Å². The normalized spacial score (nSPS) is 24.7. The number of amides is 1. The second-order valence-corrected chi connectivity index (χ2v) is 8.42. The van der Waals surface area contributed by atoms with Gasteiger partial charge in [-0.05, 0) is 50.2 Å². The summed E-state index contributed by atoms with van der Waals surface area (Å²) in [6.45, 7) is 10.7. The van der Waals surface area contributed by atoms with Gasteiger partial charge in [-0.3, -0.25) is 14.7 Å². The summed E-state index contributed by atoms with van der Waals surface area (Å²) in [5.41, 5.74) is 2.65. The SMILES string of the molecule is CC1CCC(c2cncc(N3CCN(CC(=O)NC(C)C)CC3)c2)CC1. The van der Waals surface area contributed by atoms with Crippen LogP contribution in [0.4, 0.5) is 5.69 Å². The van der Waals surface area contributed by atoms with Crippen molar-refractivity contribution in [3.63, 3.8) is 0 Å². The largest absolute Gasteiger partial charge is 0.368 e. The van der Waals surface area contributed by atoms with Crippen molar-refractivity contribution < 1.29 is 4.79 Å². The highest BCUT2D eigenvalue weighted by Crippen LogP contribution is 2.36. The second kappa shape index (κ2) is 8.85. The lowest BCUT2D eigenvalue weighted by Crippen LogP contribution is -2.50. The molecule has 1 aliphatic carbocycles. The molecule has 144 valence electrons. The molecule has 1 saturated carbocycles. The first-order valence-corrected chi connectivity index (χ1v) is 10.2. The van der Waals surface area contributed by atoms with E-state index in [1.54, 1.807) is 0 Å². The predicted molar refractivity (Wildman–Crippen MR) is 107 cm³/mol. The Morgan fingerprint density at radius 2 is 1.85 bits per heavy atom. The number of pyridine rings is 1. The molecule has 3 rings (SSSR count). The molecule has 0 radical (unpaired) electrons. The van der Waals surface area contributed by atoms with Gasteiger partial charge in [-0.25, -0.2) is 0 Å². The summed E-state index contributed by atoms with van der Waals surface area (Å²) < 4.78 is 0. The molecular weight excluding hydrogens is 324 g/mol. The third-order valence-corrected chi connectivity index (χ3v) is 5.79. The average Bonchev–Trinajstić information content (AvgIpc) is 2.62. The van der Waals surface area contributed by atoms with Gasteiger partial charge in [-0.1, -0.05) is 19.8 Å². The second-order valence-electron chi connectivity index (χ2n) is 8.42. The van der Waals surface area contributed by atoms with Crippen LogP contribution in [0.2, 0.25) is 0 Å². The maximum Gasteiger partial charge on any atom is 0.234 e. The lowest BCUT2D eigenvalue weighted by molar-refractivity contribution is -0.122. The van der Waals surface area contributed by atoms with Crippen LogP contribution in [-0.4, -0.2) is 54.6 Å². The first kappa shape index (κ1) is 19.2. The topological polar surface area (TPSA) is 48.5 Å². The van der Waals surface area contributed by atoms with Gasteiger partial charge in [0.25, 0.3) is 0 Å². The third kappa shape index (κ3) is 5.19. The Morgan fingerprint density at radius 3 is 2.50 bits per heavy atom. The molecule has 26 heavy (non-hydrogen) atoms. The zero-order valence-electron chi connectivity index (χ0n) is 16.6. The molecule has 0 unspecified atom stereocenters. The fourth-order valence-electron chi connectivity index (χ4n) is 4.17. The first-order chi connectivity index (χ1) is 12.5. The van der Waals surface area contributed by atoms with E-state index >= 15 is 0 Å². The quantitative estimate of drug-likeness (QED) is 0.879. The summed E-state index contributed by atoms with van der Waals surface area (Å²) in [6.07, 6.45) is 9.33. The Morgan fingerprint density at radius 1 is 1.15 bits per heavy atom. The molecule has 0 aromatic carbocycles. The highest BCUT2D eigenvalue weighted by molar-refractivity contribution is 5.78. The van der Waals surface area contributed by atoms with Crippen LogP contribution in [0, 0.1) is 5.92 Å². The number of carbonyl (C=O) groups is 1. The van der Waals surface area contributed by atoms with Crippen molar-refractivity contribution in [2.45, 2.75) is 58.4 Å². The minimum atomic E-state index is 0.128. The molecule has 1 saturated heterocycles. The van der Waals surface area contributed by atoms with E-state index < -0.39 is 0 Å². The molecule has 1 amide bonds. The van der Waals surface area contributed by atoms with E-state index in [9.17, 15) is 4.79 Å². The van der Waals surface area contributed by atoms with Gasteiger partial charge in [0.2, 0.25) is 5.91 Å². The van der Waals surface area contributed by atoms with Crippen LogP contribution in [-0.2, 0) is 4.79 Å². The number of aromatic nitrogens is 1. The maximum absolute atomic E-state index is 11.9. The van der Waals surface area contributed by atoms with Crippen LogP contribution < -0.4 is 10.2 Å². The molecule has 2 aliphatic rings. The Kier molecular flexibility index (Phi) is 6.52. The van der Waals surface area contributed by atoms with Crippen molar-refractivity contribution in [1.82, 2.24) is 15.2 Å². The summed E-state index contributed by atoms with van der Waals surface area (Å²) in [6, 6.07) is 2.56. The lowest BCUT2D eigenvalue weighted by atomic mass is 9.80. The molecular formula is C21H34N4O. The Hall–Kier alpha value is -1.62. The van der Waals surface area contributed by atoms with Crippen LogP contribution in [0.5, 0.6) is 0 Å². The molecule has 1 N–H and O–H groups in total. The van der Waals surface area contributed by atoms with Gasteiger partial charge >= 0.3 is 0 Å². The Bertz CT molecular complexity index is 587. The van der Waals surface area contributed by atoms with Crippen molar-refractivity contribution in [2.24, 2.45) is 5.92 Å². The smallest absolute Gasteiger partial charge is 0.234 e. The van der Waals surface area contributed by atoms with Crippen LogP contribution in [0.1, 0.15) is 57.9 Å². The zero-order valence-corrected chi connectivity index (χ0v) is 16.6. The summed E-state index contributed by atoms with van der Waals surface area (Å²) >= 11 is 0. The summed E-state index contributed by atoms with van der Waals surface area (Å²) in [5, 5.41) is 2.98. The van der Waals surface area contributed by atoms with Gasteiger partial charge < -0.3 is 10.2 Å². The number of rotatable bonds is 5. The molecule has 1 aromatic heterocycles. The molecule has 1 aliphatic heterocycles. The lowest BCUT2D eigenvalue weighted by Gasteiger charge is -2.36. The van der Waals surface area contributed by atoms with E-state index in [1.807, 2.05) is 20.0 Å². The predicted octanol–water partition coefficient (Wildman–Crippen LogP) is 3.02. The molecule has 2 heterocycles. The standard InChI is InChI=1S/C21H34N4O/c1-16(2)23-21(26)15-24-8-10-25(11-9-24)20-12-19(13-22-14-20)18-6-4-17(3)5-7-18/h12-14,16-18H,4-11,15H2,1-3H3,(H,23,26). The molecule has 0 atom stereocenters. The minimum absolute atomic E-state index is 0.128. The number of hydrogen-bond acceptors (Lipinski definition) is 4.